The Bertz CT molecular complexity index is 69.3. The van der Waals surface area contributed by atoms with Crippen LogP contribution in [0.2, 0.25) is 19.6 Å². The Morgan fingerprint density at radius 1 is 1.50 bits per heavy atom. The van der Waals surface area contributed by atoms with E-state index in [0.29, 0.717) is 0 Å². The van der Waals surface area contributed by atoms with Gasteiger partial charge >= 0.3 is 0 Å². The van der Waals surface area contributed by atoms with Crippen LogP contribution in [0.25, 0.3) is 0 Å². The summed E-state index contributed by atoms with van der Waals surface area (Å²) in [6.07, 6.45) is 0. The zero-order valence-electron chi connectivity index (χ0n) is 5.68. The number of rotatable bonds is 2. The largest absolute Gasteiger partial charge is 0.396 e. The van der Waals surface area contributed by atoms with Crippen LogP contribution >= 0.6 is 12.6 Å². The summed E-state index contributed by atoms with van der Waals surface area (Å²) in [5, 5.41) is 8.63. The third-order valence-electron chi connectivity index (χ3n) is 1.17. The first-order chi connectivity index (χ1) is 3.48. The first-order valence-corrected chi connectivity index (χ1v) is 6.87. The van der Waals surface area contributed by atoms with Crippen molar-refractivity contribution < 1.29 is 5.11 Å². The predicted molar refractivity (Wildman–Crippen MR) is 43.2 cm³/mol. The molecule has 8 heavy (non-hydrogen) atoms. The molecule has 0 spiro atoms. The van der Waals surface area contributed by atoms with Crippen molar-refractivity contribution >= 4 is 20.7 Å². The summed E-state index contributed by atoms with van der Waals surface area (Å²) in [5.41, 5.74) is 0. The van der Waals surface area contributed by atoms with E-state index in [1.54, 1.807) is 0 Å². The molecule has 1 atom stereocenters. The average Bonchev–Trinajstić information content (AvgIpc) is 1.62. The monoisotopic (exact) mass is 150 g/mol. The Balaban J connectivity index is 3.62. The molecule has 0 aromatic carbocycles. The highest BCUT2D eigenvalue weighted by Crippen LogP contribution is 2.11. The van der Waals surface area contributed by atoms with Gasteiger partial charge < -0.3 is 5.11 Å². The lowest BCUT2D eigenvalue weighted by molar-refractivity contribution is 0.312. The second kappa shape index (κ2) is 2.89. The number of hydrogen-bond donors (Lipinski definition) is 2. The molecule has 0 rings (SSSR count). The molecule has 0 aromatic rings. The van der Waals surface area contributed by atoms with Crippen LogP contribution in [-0.4, -0.2) is 24.7 Å². The van der Waals surface area contributed by atoms with Crippen LogP contribution in [0.15, 0.2) is 0 Å². The van der Waals surface area contributed by atoms with Crippen molar-refractivity contribution in [1.82, 2.24) is 0 Å². The molecule has 0 aromatic heterocycles. The molecule has 0 saturated carbocycles. The van der Waals surface area contributed by atoms with E-state index in [1.807, 2.05) is 0 Å². The van der Waals surface area contributed by atoms with Gasteiger partial charge in [-0.3, -0.25) is 0 Å². The minimum absolute atomic E-state index is 0.221. The fraction of sp³-hybridized carbons (Fsp3) is 1.00. The molecule has 1 unspecified atom stereocenters. The maximum absolute atomic E-state index is 8.63. The molecule has 0 heterocycles. The fourth-order valence-corrected chi connectivity index (χ4v) is 0.822. The van der Waals surface area contributed by atoms with Crippen LogP contribution in [0, 0.1) is 0 Å². The van der Waals surface area contributed by atoms with Crippen molar-refractivity contribution in [3.05, 3.63) is 0 Å². The molecule has 0 aliphatic heterocycles. The molecule has 0 amide bonds. The van der Waals surface area contributed by atoms with Gasteiger partial charge in [-0.1, -0.05) is 19.6 Å². The van der Waals surface area contributed by atoms with Gasteiger partial charge in [-0.15, -0.1) is 0 Å². The maximum Gasteiger partial charge on any atom is 0.0613 e. The van der Waals surface area contributed by atoms with E-state index in [9.17, 15) is 0 Å². The topological polar surface area (TPSA) is 20.2 Å². The van der Waals surface area contributed by atoms with E-state index in [0.717, 1.165) is 0 Å². The van der Waals surface area contributed by atoms with Gasteiger partial charge in [-0.2, -0.15) is 12.6 Å². The Morgan fingerprint density at radius 2 is 1.88 bits per heavy atom. The van der Waals surface area contributed by atoms with Crippen molar-refractivity contribution in [3.8, 4) is 0 Å². The molecular weight excluding hydrogens is 136 g/mol. The lowest BCUT2D eigenvalue weighted by Gasteiger charge is -2.21. The highest BCUT2D eigenvalue weighted by molar-refractivity contribution is 7.83. The lowest BCUT2D eigenvalue weighted by Crippen LogP contribution is -2.36. The van der Waals surface area contributed by atoms with Crippen LogP contribution in [0.1, 0.15) is 0 Å². The van der Waals surface area contributed by atoms with Crippen LogP contribution in [0.5, 0.6) is 0 Å². The molecule has 0 aliphatic carbocycles. The van der Waals surface area contributed by atoms with Gasteiger partial charge in [0, 0.05) is 4.87 Å². The molecule has 0 aliphatic rings. The van der Waals surface area contributed by atoms with Gasteiger partial charge in [-0.25, -0.2) is 0 Å². The van der Waals surface area contributed by atoms with Crippen LogP contribution < -0.4 is 0 Å². The molecular formula is C5H14OSSi. The summed E-state index contributed by atoms with van der Waals surface area (Å²) in [6, 6.07) is 0. The molecule has 50 valence electrons. The molecule has 0 radical (unpaired) electrons. The van der Waals surface area contributed by atoms with Crippen molar-refractivity contribution in [2.24, 2.45) is 0 Å². The summed E-state index contributed by atoms with van der Waals surface area (Å²) in [6.45, 7) is 6.81. The molecule has 3 heteroatoms. The minimum atomic E-state index is -1.15. The van der Waals surface area contributed by atoms with Crippen molar-refractivity contribution in [2.45, 2.75) is 24.5 Å². The standard InChI is InChI=1S/C5H14OSSi/c1-8(2,3)5(7)4-6/h5-7H,4H2,1-3H3. The van der Waals surface area contributed by atoms with Crippen molar-refractivity contribution in [2.75, 3.05) is 6.61 Å². The Labute approximate surface area is 57.5 Å². The summed E-state index contributed by atoms with van der Waals surface area (Å²) in [4.78, 5) is 0.238. The summed E-state index contributed by atoms with van der Waals surface area (Å²) >= 11 is 4.22. The summed E-state index contributed by atoms with van der Waals surface area (Å²) in [5.74, 6) is 0. The normalized spacial score (nSPS) is 16.1. The average molecular weight is 150 g/mol. The Morgan fingerprint density at radius 3 is 1.88 bits per heavy atom. The Hall–Kier alpha value is 0.527. The first kappa shape index (κ1) is 8.53. The smallest absolute Gasteiger partial charge is 0.0613 e. The van der Waals surface area contributed by atoms with Gasteiger partial charge in [-0.05, 0) is 0 Å². The van der Waals surface area contributed by atoms with E-state index >= 15 is 0 Å². The highest BCUT2D eigenvalue weighted by Gasteiger charge is 2.21. The zero-order chi connectivity index (χ0) is 6.78. The molecule has 1 nitrogen and oxygen atoms in total. The number of aliphatic hydroxyl groups excluding tert-OH is 1. The van der Waals surface area contributed by atoms with Crippen LogP contribution in [-0.2, 0) is 0 Å². The first-order valence-electron chi connectivity index (χ1n) is 2.77. The van der Waals surface area contributed by atoms with Crippen LogP contribution in [0.3, 0.4) is 0 Å². The second-order valence-electron chi connectivity index (χ2n) is 3.06. The van der Waals surface area contributed by atoms with E-state index in [1.165, 1.54) is 0 Å². The van der Waals surface area contributed by atoms with Gasteiger partial charge in [0.15, 0.2) is 0 Å². The van der Waals surface area contributed by atoms with Gasteiger partial charge in [0.25, 0.3) is 0 Å². The third-order valence-corrected chi connectivity index (χ3v) is 5.84. The third kappa shape index (κ3) is 2.74. The summed E-state index contributed by atoms with van der Waals surface area (Å²) < 4.78 is 0. The summed E-state index contributed by atoms with van der Waals surface area (Å²) in [7, 11) is -1.15. The fourth-order valence-electron chi connectivity index (χ4n) is 0.274. The van der Waals surface area contributed by atoms with E-state index in [2.05, 4.69) is 32.3 Å². The second-order valence-corrected chi connectivity index (χ2v) is 9.60. The number of aliphatic hydroxyl groups is 1. The Kier molecular flexibility index (Phi) is 3.08. The van der Waals surface area contributed by atoms with E-state index in [-0.39, 0.29) is 11.5 Å². The van der Waals surface area contributed by atoms with Gasteiger partial charge in [0.1, 0.15) is 0 Å². The van der Waals surface area contributed by atoms with Gasteiger partial charge in [0.2, 0.25) is 0 Å². The zero-order valence-corrected chi connectivity index (χ0v) is 7.57. The van der Waals surface area contributed by atoms with Crippen LogP contribution in [0.4, 0.5) is 0 Å². The van der Waals surface area contributed by atoms with Crippen molar-refractivity contribution in [1.29, 1.82) is 0 Å². The van der Waals surface area contributed by atoms with Crippen molar-refractivity contribution in [3.63, 3.8) is 0 Å². The minimum Gasteiger partial charge on any atom is -0.396 e. The van der Waals surface area contributed by atoms with E-state index in [4.69, 9.17) is 5.11 Å². The number of hydrogen-bond acceptors (Lipinski definition) is 2. The molecule has 0 fully saturated rings. The highest BCUT2D eigenvalue weighted by atomic mass is 32.1. The molecule has 1 N–H and O–H groups in total. The SMILES string of the molecule is C[Si](C)(C)C(S)CO. The lowest BCUT2D eigenvalue weighted by atomic mass is 10.9. The van der Waals surface area contributed by atoms with E-state index < -0.39 is 8.07 Å². The molecule has 0 bridgehead atoms. The quantitative estimate of drug-likeness (QED) is 0.447. The molecule has 0 saturated heterocycles. The maximum atomic E-state index is 8.63. The van der Waals surface area contributed by atoms with Gasteiger partial charge in [0.05, 0.1) is 14.7 Å². The predicted octanol–water partition coefficient (Wildman–Crippen LogP) is 1.15. The number of thiol groups is 1.